The highest BCUT2D eigenvalue weighted by Crippen LogP contribution is 2.41. The molecule has 9 aliphatic rings. The number of halogens is 4. The zero-order chi connectivity index (χ0) is 92.6. The lowest BCUT2D eigenvalue weighted by atomic mass is 9.75. The second-order valence-electron chi connectivity index (χ2n) is 37.5. The van der Waals surface area contributed by atoms with Crippen molar-refractivity contribution in [2.24, 2.45) is 64.9 Å². The van der Waals surface area contributed by atoms with Crippen molar-refractivity contribution in [3.05, 3.63) is 226 Å². The molecule has 20 rings (SSSR count). The first kappa shape index (κ1) is 93.2. The fourth-order valence-corrected chi connectivity index (χ4v) is 18.7. The molecule has 0 amide bonds. The van der Waals surface area contributed by atoms with Gasteiger partial charge < -0.3 is 58.9 Å². The Morgan fingerprint density at radius 2 is 0.863 bits per heavy atom. The molecule has 0 saturated carbocycles. The molecular formula is C97H117Cl4N29O. The highest BCUT2D eigenvalue weighted by molar-refractivity contribution is 6.38. The average Bonchev–Trinajstić information content (AvgIpc) is 1.69. The number of H-pyrrole nitrogens is 1. The number of carbonyl (C=O) groups is 1. The first-order valence-corrected chi connectivity index (χ1v) is 46.7. The summed E-state index contributed by atoms with van der Waals surface area (Å²) in [5, 5.41) is 9.59. The Labute approximate surface area is 785 Å². The Bertz CT molecular complexity index is 6100. The van der Waals surface area contributed by atoms with Crippen molar-refractivity contribution in [1.82, 2.24) is 70.0 Å². The van der Waals surface area contributed by atoms with Crippen LogP contribution in [-0.4, -0.2) is 194 Å². The van der Waals surface area contributed by atoms with Crippen LogP contribution in [0.2, 0.25) is 20.1 Å². The number of nitrogens with zero attached hydrogens (tertiary/aromatic N) is 22. The molecular weight excluding hydrogens is 1730 g/mol. The Balaban J connectivity index is 0.000000120. The number of aliphatic imine (C=N–C) groups is 4. The molecule has 34 heteroatoms. The lowest BCUT2D eigenvalue weighted by Crippen LogP contribution is -2.55. The maximum atomic E-state index is 11.7. The van der Waals surface area contributed by atoms with Gasteiger partial charge in [-0.3, -0.25) is 34.8 Å². The number of carbonyl (C=O) groups excluding carboxylic acids is 1. The summed E-state index contributed by atoms with van der Waals surface area (Å²) in [6.45, 7) is 35.5. The number of rotatable bonds is 14. The summed E-state index contributed by atoms with van der Waals surface area (Å²) < 4.78 is 0. The van der Waals surface area contributed by atoms with Crippen LogP contribution in [0.25, 0.3) is 22.4 Å². The van der Waals surface area contributed by atoms with Crippen molar-refractivity contribution in [2.45, 2.75) is 184 Å². The molecule has 11 aromatic rings. The summed E-state index contributed by atoms with van der Waals surface area (Å²) in [6.07, 6.45) is 22.1. The van der Waals surface area contributed by atoms with Crippen LogP contribution in [0.5, 0.6) is 0 Å². The van der Waals surface area contributed by atoms with Crippen molar-refractivity contribution in [3.8, 4) is 11.3 Å². The van der Waals surface area contributed by atoms with Gasteiger partial charge >= 0.3 is 0 Å². The van der Waals surface area contributed by atoms with E-state index in [1.54, 1.807) is 31.6 Å². The molecule has 1 atom stereocenters. The molecule has 5 saturated heterocycles. The third kappa shape index (κ3) is 19.9. The van der Waals surface area contributed by atoms with E-state index in [0.29, 0.717) is 95.4 Å². The van der Waals surface area contributed by atoms with Gasteiger partial charge in [-0.1, -0.05) is 115 Å². The standard InChI is InChI=1S/C21H27N5.C20H25ClN6.C20H24ClN5.C19H22ClN5.C17H19ClN8O/c1-14-5-4-6-16(15(14)2)19-20-17(11-23-19)25-18(12-24-20)26-9-7-21(3,13-22)8-10-26;1-12-17(21)14(4-7-23-12)18-19-15(10-24-18)26-16(11-25-19)27-8-5-20(3,6-9-27)13(2)22;1-13-4-3-5-14(17(13)21)18-19-15(10-23-18)25-16(11-24-19)26-8-6-20(2,12-22)7-9-26;1-12-3-4-14(20)13(9-12)17-18-15(10-22-17)24-16(11-23-18)25-7-5-19(2,21)6-8-25;1-9(27)17(20)3-6-26(7-4-17)11-8-22-14-13(24-25-16(14)23-11)10-2-5-21-15(19)12(10)18/h4-6,12H,7-11,13,22H2,1-3H3;4,7,11,13H,5-6,8-10,22H2,1-3H3;3-5,11H,6-10,12,22H2,1-2H3;3-4,9,11H,5-8,10,21H2,1-2H3;2,5,8H,3-4,6-7,20H2,1H3,(H2,19,21)(H,23,24,25). The van der Waals surface area contributed by atoms with Gasteiger partial charge in [0, 0.05) is 117 Å². The molecule has 5 fully saturated rings. The van der Waals surface area contributed by atoms with Gasteiger partial charge in [0.25, 0.3) is 0 Å². The van der Waals surface area contributed by atoms with Gasteiger partial charge in [0.15, 0.2) is 0 Å². The highest BCUT2D eigenvalue weighted by Gasteiger charge is 2.39. The minimum atomic E-state index is -0.744. The summed E-state index contributed by atoms with van der Waals surface area (Å²) >= 11 is 25.6. The lowest BCUT2D eigenvalue weighted by molar-refractivity contribution is -0.122. The van der Waals surface area contributed by atoms with Crippen LogP contribution in [0, 0.1) is 50.9 Å². The number of nitrogen functional groups attached to an aromatic ring is 1. The summed E-state index contributed by atoms with van der Waals surface area (Å²) in [7, 11) is 0. The van der Waals surface area contributed by atoms with Crippen molar-refractivity contribution in [3.63, 3.8) is 0 Å². The zero-order valence-corrected chi connectivity index (χ0v) is 79.6. The van der Waals surface area contributed by atoms with E-state index in [1.165, 1.54) is 16.7 Å². The number of hydrogen-bond acceptors (Lipinski definition) is 29. The monoisotopic (exact) mass is 1840 g/mol. The molecule has 0 radical (unpaired) electrons. The van der Waals surface area contributed by atoms with Gasteiger partial charge in [-0.25, -0.2) is 54.8 Å². The SMILES string of the molecule is CC(=O)C1(N)CCN(c2cnc3c(-c4ccnc(N)c4Cl)[nH]nc3n2)CC1.Cc1ccc(Cl)c(C2=NCc3nc(N4CCC(C)(N)CC4)cnc32)c1.Cc1cccc(C2=NCc3nc(N4CCC(C)(CN)CC4)cnc32)c1C.Cc1cccc(C2=NCc3nc(N4CCC(C)(CN)CC4)cnc32)c1Cl.Cc1nccc(C2=NCc3nc(N4CCC(C)(C(C)N)CC4)cnc32)c1Cl. The number of piperidine rings is 5. The molecule has 13 N–H and O–H groups in total. The largest absolute Gasteiger partial charge is 0.382 e. The van der Waals surface area contributed by atoms with E-state index in [4.69, 9.17) is 121 Å². The highest BCUT2D eigenvalue weighted by atomic mass is 35.5. The number of fused-ring (bicyclic) bond motifs is 5. The number of aryl methyl sites for hydroxylation is 4. The summed E-state index contributed by atoms with van der Waals surface area (Å²) in [6, 6.07) is 22.1. The third-order valence-electron chi connectivity index (χ3n) is 28.0. The van der Waals surface area contributed by atoms with Crippen LogP contribution < -0.4 is 58.9 Å². The van der Waals surface area contributed by atoms with Gasteiger partial charge in [0.1, 0.15) is 69.0 Å². The number of nitrogens with two attached hydrogens (primary N) is 6. The number of nitrogens with one attached hydrogen (secondary N) is 1. The number of benzene rings is 3. The molecule has 8 aromatic heterocycles. The van der Waals surface area contributed by atoms with Gasteiger partial charge in [-0.2, -0.15) is 5.10 Å². The molecule has 3 aromatic carbocycles. The zero-order valence-electron chi connectivity index (χ0n) is 76.6. The van der Waals surface area contributed by atoms with Gasteiger partial charge in [0.05, 0.1) is 140 Å². The van der Waals surface area contributed by atoms with Crippen LogP contribution in [-0.2, 0) is 31.0 Å². The number of aromatic nitrogens is 14. The number of pyridine rings is 2. The molecule has 30 nitrogen and oxygen atoms in total. The van der Waals surface area contributed by atoms with E-state index in [-0.39, 0.29) is 39.4 Å². The lowest BCUT2D eigenvalue weighted by Gasteiger charge is -2.42. The first-order chi connectivity index (χ1) is 62.7. The summed E-state index contributed by atoms with van der Waals surface area (Å²) in [5.74, 6) is 4.72. The molecule has 9 aliphatic heterocycles. The van der Waals surface area contributed by atoms with E-state index in [2.05, 4.69) is 147 Å². The van der Waals surface area contributed by atoms with Crippen LogP contribution in [0.15, 0.2) is 130 Å². The number of Topliss-reactive ketones (excluding diaryl/α,β-unsaturated/α-hetero) is 1. The minimum absolute atomic E-state index is 0.0223. The van der Waals surface area contributed by atoms with Crippen LogP contribution in [0.1, 0.15) is 202 Å². The van der Waals surface area contributed by atoms with Crippen molar-refractivity contribution >= 4 is 121 Å². The number of aromatic amines is 1. The van der Waals surface area contributed by atoms with E-state index < -0.39 is 5.54 Å². The van der Waals surface area contributed by atoms with E-state index in [9.17, 15) is 4.79 Å². The van der Waals surface area contributed by atoms with E-state index in [0.717, 1.165) is 247 Å². The Morgan fingerprint density at radius 1 is 0.458 bits per heavy atom. The molecule has 0 bridgehead atoms. The second kappa shape index (κ2) is 38.6. The molecule has 131 heavy (non-hydrogen) atoms. The molecule has 0 spiro atoms. The van der Waals surface area contributed by atoms with Crippen molar-refractivity contribution in [2.75, 3.05) is 109 Å². The Kier molecular flexibility index (Phi) is 27.5. The number of anilines is 6. The topological polar surface area (TPSA) is 422 Å². The summed E-state index contributed by atoms with van der Waals surface area (Å²) in [5.41, 5.74) is 58.6. The van der Waals surface area contributed by atoms with Crippen LogP contribution >= 0.6 is 46.4 Å². The van der Waals surface area contributed by atoms with E-state index >= 15 is 0 Å². The average molecular weight is 1850 g/mol. The molecule has 17 heterocycles. The number of ketones is 1. The third-order valence-corrected chi connectivity index (χ3v) is 29.7. The van der Waals surface area contributed by atoms with Crippen molar-refractivity contribution < 1.29 is 4.79 Å². The second-order valence-corrected chi connectivity index (χ2v) is 39.1. The summed E-state index contributed by atoms with van der Waals surface area (Å²) in [4.78, 5) is 97.3. The van der Waals surface area contributed by atoms with Gasteiger partial charge in [-0.05, 0) is 190 Å². The van der Waals surface area contributed by atoms with Gasteiger partial charge in [0.2, 0.25) is 5.65 Å². The minimum Gasteiger partial charge on any atom is -0.382 e. The van der Waals surface area contributed by atoms with Crippen LogP contribution in [0.4, 0.5) is 34.9 Å². The Morgan fingerprint density at radius 3 is 1.34 bits per heavy atom. The normalized spacial score (nSPS) is 18.5. The van der Waals surface area contributed by atoms with Crippen molar-refractivity contribution in [1.29, 1.82) is 0 Å². The molecule has 1 unspecified atom stereocenters. The van der Waals surface area contributed by atoms with Crippen LogP contribution in [0.3, 0.4) is 0 Å². The maximum Gasteiger partial charge on any atom is 0.202 e. The Hall–Kier alpha value is -11.1. The fourth-order valence-electron chi connectivity index (χ4n) is 17.8. The maximum absolute atomic E-state index is 11.7. The first-order valence-electron chi connectivity index (χ1n) is 45.2. The van der Waals surface area contributed by atoms with E-state index in [1.807, 2.05) is 82.0 Å². The fraction of sp³-hybridized carbons (Fsp3) is 0.443. The predicted molar refractivity (Wildman–Crippen MR) is 526 cm³/mol. The quantitative estimate of drug-likeness (QED) is 0.0531. The smallest absolute Gasteiger partial charge is 0.202 e. The molecule has 0 aliphatic carbocycles. The predicted octanol–water partition coefficient (Wildman–Crippen LogP) is 14.1. The molecule has 684 valence electrons. The number of hydrogen-bond donors (Lipinski definition) is 7. The van der Waals surface area contributed by atoms with Gasteiger partial charge in [-0.15, -0.1) is 0 Å².